The summed E-state index contributed by atoms with van der Waals surface area (Å²) < 4.78 is 25.2. The summed E-state index contributed by atoms with van der Waals surface area (Å²) in [5.74, 6) is -0.576. The molecule has 0 saturated carbocycles. The third-order valence-corrected chi connectivity index (χ3v) is 6.70. The third kappa shape index (κ3) is 5.01. The van der Waals surface area contributed by atoms with Crippen LogP contribution in [0.3, 0.4) is 0 Å². The van der Waals surface area contributed by atoms with Crippen LogP contribution < -0.4 is 5.32 Å². The molecule has 4 aromatic rings. The monoisotopic (exact) mass is 463 g/mol. The number of hydrogen-bond donors (Lipinski definition) is 1. The van der Waals surface area contributed by atoms with E-state index in [1.165, 1.54) is 24.3 Å². The smallest absolute Gasteiger partial charge is 0.255 e. The summed E-state index contributed by atoms with van der Waals surface area (Å²) in [5.41, 5.74) is 2.72. The average molecular weight is 464 g/mol. The predicted molar refractivity (Wildman–Crippen MR) is 124 cm³/mol. The second-order valence-electron chi connectivity index (χ2n) is 6.97. The Morgan fingerprint density at radius 1 is 0.875 bits per heavy atom. The lowest BCUT2D eigenvalue weighted by atomic mass is 10.1. The van der Waals surface area contributed by atoms with Crippen molar-refractivity contribution in [3.8, 4) is 11.3 Å². The number of carbonyl (C=O) groups is 1. The molecule has 0 aliphatic heterocycles. The highest BCUT2D eigenvalue weighted by Crippen LogP contribution is 2.29. The number of nitrogens with one attached hydrogen (secondary N) is 1. The molecule has 0 fully saturated rings. The molecule has 32 heavy (non-hydrogen) atoms. The Labute approximate surface area is 190 Å². The van der Waals surface area contributed by atoms with Crippen molar-refractivity contribution in [2.45, 2.75) is 10.6 Å². The fraction of sp³-hybridized carbons (Fsp3) is 0.0417. The SMILES string of the molecule is O=C(Nc1ccc(Cl)c(-c2ccccn2)c1)c1ccc(S(=O)(=O)Cc2ccccn2)cc1. The molecule has 2 aromatic heterocycles. The lowest BCUT2D eigenvalue weighted by molar-refractivity contribution is 0.102. The van der Waals surface area contributed by atoms with Crippen molar-refractivity contribution in [3.05, 3.63) is 108 Å². The fourth-order valence-electron chi connectivity index (χ4n) is 3.10. The minimum Gasteiger partial charge on any atom is -0.322 e. The van der Waals surface area contributed by atoms with Gasteiger partial charge in [0.2, 0.25) is 0 Å². The number of benzene rings is 2. The standard InChI is InChI=1S/C24H18ClN3O3S/c25-22-12-9-18(15-21(22)23-6-2-4-14-27-23)28-24(29)17-7-10-20(11-8-17)32(30,31)16-19-5-1-3-13-26-19/h1-15H,16H2,(H,28,29). The molecule has 1 N–H and O–H groups in total. The Morgan fingerprint density at radius 3 is 2.25 bits per heavy atom. The summed E-state index contributed by atoms with van der Waals surface area (Å²) in [5, 5.41) is 3.33. The lowest BCUT2D eigenvalue weighted by Crippen LogP contribution is -2.12. The van der Waals surface area contributed by atoms with E-state index in [1.54, 1.807) is 48.8 Å². The first kappa shape index (κ1) is 21.7. The van der Waals surface area contributed by atoms with Gasteiger partial charge in [-0.1, -0.05) is 23.7 Å². The average Bonchev–Trinajstić information content (AvgIpc) is 2.81. The van der Waals surface area contributed by atoms with Gasteiger partial charge in [0.15, 0.2) is 9.84 Å². The highest BCUT2D eigenvalue weighted by Gasteiger charge is 2.17. The number of aromatic nitrogens is 2. The molecule has 0 spiro atoms. The first-order valence-corrected chi connectivity index (χ1v) is 11.7. The van der Waals surface area contributed by atoms with Crippen molar-refractivity contribution in [2.24, 2.45) is 0 Å². The second kappa shape index (κ2) is 9.30. The van der Waals surface area contributed by atoms with Gasteiger partial charge in [-0.05, 0) is 66.7 Å². The van der Waals surface area contributed by atoms with Gasteiger partial charge in [-0.15, -0.1) is 0 Å². The molecule has 2 heterocycles. The number of amides is 1. The van der Waals surface area contributed by atoms with Gasteiger partial charge in [0.25, 0.3) is 5.91 Å². The van der Waals surface area contributed by atoms with Crippen molar-refractivity contribution in [3.63, 3.8) is 0 Å². The summed E-state index contributed by atoms with van der Waals surface area (Å²) in [7, 11) is -3.57. The number of nitrogens with zero attached hydrogens (tertiary/aromatic N) is 2. The van der Waals surface area contributed by atoms with E-state index in [2.05, 4.69) is 15.3 Å². The maximum Gasteiger partial charge on any atom is 0.255 e. The van der Waals surface area contributed by atoms with Gasteiger partial charge >= 0.3 is 0 Å². The quantitative estimate of drug-likeness (QED) is 0.433. The molecule has 0 saturated heterocycles. The number of pyridine rings is 2. The summed E-state index contributed by atoms with van der Waals surface area (Å²) in [6.45, 7) is 0. The van der Waals surface area contributed by atoms with Gasteiger partial charge < -0.3 is 5.32 Å². The molecular weight excluding hydrogens is 446 g/mol. The fourth-order valence-corrected chi connectivity index (χ4v) is 4.59. The van der Waals surface area contributed by atoms with Crippen LogP contribution in [-0.4, -0.2) is 24.3 Å². The topological polar surface area (TPSA) is 89.0 Å². The Kier molecular flexibility index (Phi) is 6.30. The van der Waals surface area contributed by atoms with Crippen molar-refractivity contribution in [1.82, 2.24) is 9.97 Å². The Bertz CT molecular complexity index is 1340. The minimum absolute atomic E-state index is 0.128. The summed E-state index contributed by atoms with van der Waals surface area (Å²) >= 11 is 6.29. The van der Waals surface area contributed by atoms with Gasteiger partial charge in [-0.25, -0.2) is 8.42 Å². The number of hydrogen-bond acceptors (Lipinski definition) is 5. The van der Waals surface area contributed by atoms with Crippen LogP contribution in [0.5, 0.6) is 0 Å². The van der Waals surface area contributed by atoms with Gasteiger partial charge in [-0.2, -0.15) is 0 Å². The maximum atomic E-state index is 12.7. The van der Waals surface area contributed by atoms with E-state index >= 15 is 0 Å². The molecule has 0 bridgehead atoms. The maximum absolute atomic E-state index is 12.7. The van der Waals surface area contributed by atoms with E-state index in [0.29, 0.717) is 33.2 Å². The molecule has 0 radical (unpaired) electrons. The Balaban J connectivity index is 1.50. The molecule has 0 aliphatic carbocycles. The van der Waals surface area contributed by atoms with Crippen molar-refractivity contribution in [2.75, 3.05) is 5.32 Å². The molecule has 8 heteroatoms. The van der Waals surface area contributed by atoms with E-state index in [-0.39, 0.29) is 16.6 Å². The zero-order chi connectivity index (χ0) is 22.6. The molecule has 2 aromatic carbocycles. The lowest BCUT2D eigenvalue weighted by Gasteiger charge is -2.10. The highest BCUT2D eigenvalue weighted by atomic mass is 35.5. The van der Waals surface area contributed by atoms with Crippen molar-refractivity contribution in [1.29, 1.82) is 0 Å². The van der Waals surface area contributed by atoms with Gasteiger partial charge in [-0.3, -0.25) is 14.8 Å². The van der Waals surface area contributed by atoms with Crippen LogP contribution in [0.4, 0.5) is 5.69 Å². The molecule has 0 unspecified atom stereocenters. The van der Waals surface area contributed by atoms with Crippen molar-refractivity contribution >= 4 is 33.0 Å². The van der Waals surface area contributed by atoms with Crippen LogP contribution in [0.15, 0.2) is 96.2 Å². The largest absolute Gasteiger partial charge is 0.322 e. The van der Waals surface area contributed by atoms with Gasteiger partial charge in [0, 0.05) is 29.2 Å². The van der Waals surface area contributed by atoms with Crippen LogP contribution in [0.2, 0.25) is 5.02 Å². The predicted octanol–water partition coefficient (Wildman–Crippen LogP) is 5.02. The Hall–Kier alpha value is -3.55. The van der Waals surface area contributed by atoms with Crippen LogP contribution >= 0.6 is 11.6 Å². The van der Waals surface area contributed by atoms with Crippen LogP contribution in [0.25, 0.3) is 11.3 Å². The molecule has 0 aliphatic rings. The molecule has 160 valence electrons. The first-order chi connectivity index (χ1) is 15.4. The van der Waals surface area contributed by atoms with E-state index in [9.17, 15) is 13.2 Å². The van der Waals surface area contributed by atoms with E-state index < -0.39 is 9.84 Å². The minimum atomic E-state index is -3.57. The van der Waals surface area contributed by atoms with E-state index in [0.717, 1.165) is 0 Å². The van der Waals surface area contributed by atoms with Crippen LogP contribution in [-0.2, 0) is 15.6 Å². The Morgan fingerprint density at radius 2 is 1.59 bits per heavy atom. The third-order valence-electron chi connectivity index (χ3n) is 4.70. The van der Waals surface area contributed by atoms with E-state index in [1.807, 2.05) is 18.2 Å². The zero-order valence-corrected chi connectivity index (χ0v) is 18.3. The number of anilines is 1. The summed E-state index contributed by atoms with van der Waals surface area (Å²) in [4.78, 5) is 21.2. The second-order valence-corrected chi connectivity index (χ2v) is 9.37. The molecule has 6 nitrogen and oxygen atoms in total. The molecule has 0 atom stereocenters. The number of carbonyl (C=O) groups excluding carboxylic acids is 1. The van der Waals surface area contributed by atoms with E-state index in [4.69, 9.17) is 11.6 Å². The normalized spacial score (nSPS) is 11.2. The first-order valence-electron chi connectivity index (χ1n) is 9.67. The highest BCUT2D eigenvalue weighted by molar-refractivity contribution is 7.90. The van der Waals surface area contributed by atoms with Crippen LogP contribution in [0.1, 0.15) is 16.1 Å². The summed E-state index contributed by atoms with van der Waals surface area (Å²) in [6.07, 6.45) is 3.22. The van der Waals surface area contributed by atoms with Gasteiger partial charge in [0.1, 0.15) is 0 Å². The summed E-state index contributed by atoms with van der Waals surface area (Å²) in [6, 6.07) is 21.6. The molecule has 4 rings (SSSR count). The number of rotatable bonds is 6. The number of sulfone groups is 1. The van der Waals surface area contributed by atoms with Gasteiger partial charge in [0.05, 0.1) is 27.1 Å². The molecular formula is C24H18ClN3O3S. The zero-order valence-electron chi connectivity index (χ0n) is 16.8. The molecule has 1 amide bonds. The van der Waals surface area contributed by atoms with Crippen LogP contribution in [0, 0.1) is 0 Å². The van der Waals surface area contributed by atoms with Crippen molar-refractivity contribution < 1.29 is 13.2 Å². The number of halogens is 1.